The molecule has 1 heterocycles. The van der Waals surface area contributed by atoms with Gasteiger partial charge in [0.15, 0.2) is 0 Å². The van der Waals surface area contributed by atoms with Crippen molar-refractivity contribution in [2.45, 2.75) is 20.0 Å². The molecule has 0 aliphatic rings. The predicted octanol–water partition coefficient (Wildman–Crippen LogP) is -1.29. The first-order valence-electron chi connectivity index (χ1n) is 4.54. The van der Waals surface area contributed by atoms with Crippen LogP contribution in [0.4, 0.5) is 0 Å². The fourth-order valence-electron chi connectivity index (χ4n) is 1.05. The van der Waals surface area contributed by atoms with E-state index >= 15 is 0 Å². The molecule has 15 heavy (non-hydrogen) atoms. The van der Waals surface area contributed by atoms with Crippen molar-refractivity contribution >= 4 is 10.0 Å². The number of aromatic nitrogens is 3. The molecule has 0 unspecified atom stereocenters. The van der Waals surface area contributed by atoms with E-state index in [1.54, 1.807) is 4.57 Å². The van der Waals surface area contributed by atoms with Gasteiger partial charge in [-0.2, -0.15) is 0 Å². The van der Waals surface area contributed by atoms with E-state index < -0.39 is 16.6 Å². The molecule has 0 aromatic carbocycles. The van der Waals surface area contributed by atoms with Gasteiger partial charge in [0.2, 0.25) is 10.0 Å². The van der Waals surface area contributed by atoms with Gasteiger partial charge in [-0.3, -0.25) is 0 Å². The first-order valence-corrected chi connectivity index (χ1v) is 6.19. The number of nitrogens with zero attached hydrogens (tertiary/aromatic N) is 3. The fraction of sp³-hybridized carbons (Fsp3) is 0.714. The second-order valence-electron chi connectivity index (χ2n) is 2.90. The van der Waals surface area contributed by atoms with Crippen molar-refractivity contribution in [1.29, 1.82) is 0 Å². The molecule has 1 rings (SSSR count). The molecule has 0 bridgehead atoms. The number of aliphatic hydroxyl groups excluding tert-OH is 1. The number of hydrogen-bond acceptors (Lipinski definition) is 5. The van der Waals surface area contributed by atoms with Crippen LogP contribution >= 0.6 is 0 Å². The second kappa shape index (κ2) is 5.19. The SMILES string of the molecule is CCn1cnnc1CNS(=O)(=O)CCO. The van der Waals surface area contributed by atoms with Crippen LogP contribution in [0.25, 0.3) is 0 Å². The largest absolute Gasteiger partial charge is 0.395 e. The monoisotopic (exact) mass is 234 g/mol. The summed E-state index contributed by atoms with van der Waals surface area (Å²) in [4.78, 5) is 0. The Morgan fingerprint density at radius 1 is 1.60 bits per heavy atom. The Labute approximate surface area is 88.2 Å². The van der Waals surface area contributed by atoms with Crippen LogP contribution in [0.5, 0.6) is 0 Å². The Hall–Kier alpha value is -0.990. The molecule has 7 nitrogen and oxygen atoms in total. The number of nitrogens with one attached hydrogen (secondary N) is 1. The van der Waals surface area contributed by atoms with Gasteiger partial charge in [-0.05, 0) is 6.92 Å². The summed E-state index contributed by atoms with van der Waals surface area (Å²) >= 11 is 0. The van der Waals surface area contributed by atoms with Crippen LogP contribution in [0.15, 0.2) is 6.33 Å². The highest BCUT2D eigenvalue weighted by molar-refractivity contribution is 7.89. The molecule has 0 aliphatic carbocycles. The van der Waals surface area contributed by atoms with Crippen molar-refractivity contribution in [2.24, 2.45) is 0 Å². The van der Waals surface area contributed by atoms with E-state index in [0.29, 0.717) is 12.4 Å². The number of aliphatic hydroxyl groups is 1. The average Bonchev–Trinajstić information content (AvgIpc) is 2.62. The lowest BCUT2D eigenvalue weighted by molar-refractivity contribution is 0.319. The Balaban J connectivity index is 2.57. The Morgan fingerprint density at radius 3 is 2.93 bits per heavy atom. The van der Waals surface area contributed by atoms with Gasteiger partial charge < -0.3 is 9.67 Å². The fourth-order valence-corrected chi connectivity index (χ4v) is 1.78. The molecule has 86 valence electrons. The number of aryl methyl sites for hydroxylation is 1. The van der Waals surface area contributed by atoms with Crippen molar-refractivity contribution in [2.75, 3.05) is 12.4 Å². The van der Waals surface area contributed by atoms with Crippen LogP contribution in [0, 0.1) is 0 Å². The Morgan fingerprint density at radius 2 is 2.33 bits per heavy atom. The minimum absolute atomic E-state index is 0.0934. The summed E-state index contributed by atoms with van der Waals surface area (Å²) in [5.41, 5.74) is 0. The van der Waals surface area contributed by atoms with Crippen LogP contribution in [0.2, 0.25) is 0 Å². The molecule has 0 atom stereocenters. The van der Waals surface area contributed by atoms with Crippen molar-refractivity contribution in [1.82, 2.24) is 19.5 Å². The van der Waals surface area contributed by atoms with E-state index in [-0.39, 0.29) is 12.3 Å². The number of hydrogen-bond donors (Lipinski definition) is 2. The van der Waals surface area contributed by atoms with E-state index in [0.717, 1.165) is 0 Å². The van der Waals surface area contributed by atoms with Crippen molar-refractivity contribution in [3.63, 3.8) is 0 Å². The minimum atomic E-state index is -3.41. The zero-order valence-electron chi connectivity index (χ0n) is 8.42. The molecule has 0 saturated heterocycles. The summed E-state index contributed by atoms with van der Waals surface area (Å²) in [6, 6.07) is 0. The van der Waals surface area contributed by atoms with Gasteiger partial charge in [-0.1, -0.05) is 0 Å². The molecule has 0 spiro atoms. The van der Waals surface area contributed by atoms with E-state index in [2.05, 4.69) is 14.9 Å². The van der Waals surface area contributed by atoms with Gasteiger partial charge in [0.1, 0.15) is 12.2 Å². The topological polar surface area (TPSA) is 97.1 Å². The summed E-state index contributed by atoms with van der Waals surface area (Å²) in [6.45, 7) is 2.30. The van der Waals surface area contributed by atoms with Crippen LogP contribution in [0.1, 0.15) is 12.7 Å². The normalized spacial score (nSPS) is 11.9. The van der Waals surface area contributed by atoms with Gasteiger partial charge in [-0.15, -0.1) is 10.2 Å². The highest BCUT2D eigenvalue weighted by atomic mass is 32.2. The molecule has 8 heteroatoms. The van der Waals surface area contributed by atoms with Gasteiger partial charge in [0, 0.05) is 6.54 Å². The molecule has 2 N–H and O–H groups in total. The van der Waals surface area contributed by atoms with E-state index in [9.17, 15) is 8.42 Å². The molecule has 1 aromatic rings. The molecule has 1 aromatic heterocycles. The zero-order valence-corrected chi connectivity index (χ0v) is 9.24. The lowest BCUT2D eigenvalue weighted by Gasteiger charge is -2.05. The third-order valence-corrected chi connectivity index (χ3v) is 3.15. The first kappa shape index (κ1) is 12.1. The summed E-state index contributed by atoms with van der Waals surface area (Å²) in [6.07, 6.45) is 1.54. The maximum absolute atomic E-state index is 11.2. The maximum atomic E-state index is 11.2. The highest BCUT2D eigenvalue weighted by Gasteiger charge is 2.10. The van der Waals surface area contributed by atoms with Crippen LogP contribution in [0.3, 0.4) is 0 Å². The van der Waals surface area contributed by atoms with Crippen molar-refractivity contribution in [3.8, 4) is 0 Å². The third kappa shape index (κ3) is 3.57. The van der Waals surface area contributed by atoms with Crippen LogP contribution in [-0.2, 0) is 23.1 Å². The lowest BCUT2D eigenvalue weighted by Crippen LogP contribution is -2.28. The molecule has 0 aliphatic heterocycles. The standard InChI is InChI=1S/C7H14N4O3S/c1-2-11-6-8-10-7(11)5-9-15(13,14)4-3-12/h6,9,12H,2-5H2,1H3. The smallest absolute Gasteiger partial charge is 0.214 e. The number of rotatable bonds is 6. The summed E-state index contributed by atoms with van der Waals surface area (Å²) in [5.74, 6) is 0.256. The maximum Gasteiger partial charge on any atom is 0.214 e. The molecule has 0 fully saturated rings. The van der Waals surface area contributed by atoms with Gasteiger partial charge >= 0.3 is 0 Å². The molecular weight excluding hydrogens is 220 g/mol. The Bertz CT molecular complexity index is 400. The van der Waals surface area contributed by atoms with Crippen molar-refractivity contribution < 1.29 is 13.5 Å². The van der Waals surface area contributed by atoms with Crippen LogP contribution in [-0.4, -0.2) is 40.6 Å². The second-order valence-corrected chi connectivity index (χ2v) is 4.82. The van der Waals surface area contributed by atoms with Crippen molar-refractivity contribution in [3.05, 3.63) is 12.2 Å². The average molecular weight is 234 g/mol. The zero-order chi connectivity index (χ0) is 11.3. The summed E-state index contributed by atoms with van der Waals surface area (Å²) < 4.78 is 26.5. The minimum Gasteiger partial charge on any atom is -0.395 e. The van der Waals surface area contributed by atoms with E-state index in [1.165, 1.54) is 6.33 Å². The molecule has 0 radical (unpaired) electrons. The van der Waals surface area contributed by atoms with Gasteiger partial charge in [-0.25, -0.2) is 13.1 Å². The summed E-state index contributed by atoms with van der Waals surface area (Å²) in [7, 11) is -3.41. The van der Waals surface area contributed by atoms with Gasteiger partial charge in [0.05, 0.1) is 18.9 Å². The lowest BCUT2D eigenvalue weighted by atomic mass is 10.6. The Kier molecular flexibility index (Phi) is 4.18. The highest BCUT2D eigenvalue weighted by Crippen LogP contribution is 1.95. The third-order valence-electron chi connectivity index (χ3n) is 1.85. The number of sulfonamides is 1. The van der Waals surface area contributed by atoms with E-state index in [1.807, 2.05) is 6.92 Å². The first-order chi connectivity index (χ1) is 7.09. The van der Waals surface area contributed by atoms with E-state index in [4.69, 9.17) is 5.11 Å². The molecule has 0 amide bonds. The molecule has 0 saturated carbocycles. The van der Waals surface area contributed by atoms with Crippen LogP contribution < -0.4 is 4.72 Å². The molecular formula is C7H14N4O3S. The summed E-state index contributed by atoms with van der Waals surface area (Å²) in [5, 5.41) is 15.9. The quantitative estimate of drug-likeness (QED) is 0.638. The predicted molar refractivity (Wildman–Crippen MR) is 53.4 cm³/mol. The van der Waals surface area contributed by atoms with Gasteiger partial charge in [0.25, 0.3) is 0 Å².